The van der Waals surface area contributed by atoms with Crippen LogP contribution in [-0.2, 0) is 6.54 Å². The second kappa shape index (κ2) is 14.5. The van der Waals surface area contributed by atoms with Crippen LogP contribution in [0.1, 0.15) is 29.4 Å². The Bertz CT molecular complexity index is 1460. The molecule has 44 heavy (non-hydrogen) atoms. The first kappa shape index (κ1) is 31.2. The van der Waals surface area contributed by atoms with Crippen molar-refractivity contribution in [1.29, 1.82) is 0 Å². The van der Waals surface area contributed by atoms with Crippen LogP contribution < -0.4 is 10.9 Å². The van der Waals surface area contributed by atoms with Crippen molar-refractivity contribution in [1.82, 2.24) is 29.6 Å². The summed E-state index contributed by atoms with van der Waals surface area (Å²) < 4.78 is 0. The fourth-order valence-electron chi connectivity index (χ4n) is 6.32. The van der Waals surface area contributed by atoms with Crippen molar-refractivity contribution in [3.8, 4) is 0 Å². The predicted octanol–water partition coefficient (Wildman–Crippen LogP) is 5.16. The van der Waals surface area contributed by atoms with Crippen LogP contribution in [0.3, 0.4) is 0 Å². The van der Waals surface area contributed by atoms with Gasteiger partial charge in [0.15, 0.2) is 5.82 Å². The van der Waals surface area contributed by atoms with Crippen molar-refractivity contribution >= 4 is 39.9 Å². The van der Waals surface area contributed by atoms with E-state index in [1.54, 1.807) is 0 Å². The summed E-state index contributed by atoms with van der Waals surface area (Å²) in [4.78, 5) is 19.9. The molecule has 6 rings (SSSR count). The van der Waals surface area contributed by atoms with Gasteiger partial charge >= 0.3 is 0 Å². The van der Waals surface area contributed by atoms with Gasteiger partial charge in [0.05, 0.1) is 18.1 Å². The maximum absolute atomic E-state index is 6.66. The maximum Gasteiger partial charge on any atom is 0.154 e. The average molecular weight is 634 g/mol. The number of hydrogen-bond acceptors (Lipinski definition) is 8. The second-order valence-corrected chi connectivity index (χ2v) is 12.9. The fraction of sp³-hybridized carbons (Fsp3) is 0.412. The molecule has 8 nitrogen and oxygen atoms in total. The highest BCUT2D eigenvalue weighted by Gasteiger charge is 2.27. The zero-order valence-corrected chi connectivity index (χ0v) is 27.0. The number of benzene rings is 3. The summed E-state index contributed by atoms with van der Waals surface area (Å²) in [5, 5.41) is 4.31. The third-order valence-electron chi connectivity index (χ3n) is 8.88. The molecule has 2 aliphatic rings. The number of nitrogens with zero attached hydrogens (tertiary/aromatic N) is 7. The van der Waals surface area contributed by atoms with Gasteiger partial charge in [0.25, 0.3) is 0 Å². The summed E-state index contributed by atoms with van der Waals surface area (Å²) in [6.07, 6.45) is 0.998. The molecule has 3 aromatic carbocycles. The van der Waals surface area contributed by atoms with Crippen LogP contribution >= 0.6 is 23.2 Å². The summed E-state index contributed by atoms with van der Waals surface area (Å²) in [7, 11) is 2.19. The first-order chi connectivity index (χ1) is 21.4. The minimum atomic E-state index is 0.131. The van der Waals surface area contributed by atoms with E-state index in [0.29, 0.717) is 6.54 Å². The molecule has 2 fully saturated rings. The molecular formula is C34H42Cl2N8. The van der Waals surface area contributed by atoms with Gasteiger partial charge in [-0.05, 0) is 67.5 Å². The van der Waals surface area contributed by atoms with E-state index < -0.39 is 0 Å². The van der Waals surface area contributed by atoms with Crippen LogP contribution in [0.25, 0.3) is 10.9 Å². The summed E-state index contributed by atoms with van der Waals surface area (Å²) in [6, 6.07) is 24.7. The molecule has 2 saturated heterocycles. The van der Waals surface area contributed by atoms with Gasteiger partial charge in [0.2, 0.25) is 0 Å². The molecule has 232 valence electrons. The van der Waals surface area contributed by atoms with E-state index in [1.807, 2.05) is 41.4 Å². The third kappa shape index (κ3) is 7.69. The summed E-state index contributed by atoms with van der Waals surface area (Å²) >= 11 is 12.5. The normalized spacial score (nSPS) is 17.5. The largest absolute Gasteiger partial charge is 0.304 e. The van der Waals surface area contributed by atoms with Crippen molar-refractivity contribution in [2.75, 3.05) is 77.5 Å². The Balaban J connectivity index is 1.12. The van der Waals surface area contributed by atoms with E-state index >= 15 is 0 Å². The molecule has 0 bridgehead atoms. The maximum atomic E-state index is 6.66. The number of nitrogens with two attached hydrogens (primary N) is 1. The predicted molar refractivity (Wildman–Crippen MR) is 181 cm³/mol. The molecule has 1 aromatic heterocycles. The standard InChI is InChI=1S/C34H42Cl2N8/c1-40-17-19-41(20-18-40)15-4-16-44(37)34-30-5-2-3-6-31(30)38-32(39-34)25-42-21-23-43(24-22-42)33(26-7-11-28(35)12-8-26)27-9-13-29(36)14-10-27/h2-3,5-14,33H,4,15-25,37H2,1H3. The van der Waals surface area contributed by atoms with Crippen LogP contribution in [-0.4, -0.2) is 102 Å². The van der Waals surface area contributed by atoms with E-state index in [1.165, 1.54) is 11.1 Å². The van der Waals surface area contributed by atoms with E-state index in [9.17, 15) is 0 Å². The lowest BCUT2D eigenvalue weighted by molar-refractivity contribution is 0.103. The highest BCUT2D eigenvalue weighted by atomic mass is 35.5. The van der Waals surface area contributed by atoms with Gasteiger partial charge in [-0.1, -0.05) is 59.6 Å². The lowest BCUT2D eigenvalue weighted by atomic mass is 9.96. The number of fused-ring (bicyclic) bond motifs is 1. The number of rotatable bonds is 10. The Morgan fingerprint density at radius 3 is 1.98 bits per heavy atom. The van der Waals surface area contributed by atoms with Crippen LogP contribution in [0.5, 0.6) is 0 Å². The van der Waals surface area contributed by atoms with Crippen molar-refractivity contribution in [3.63, 3.8) is 0 Å². The number of likely N-dealkylation sites (N-methyl/N-ethyl adjacent to an activating group) is 1. The van der Waals surface area contributed by atoms with E-state index in [4.69, 9.17) is 39.0 Å². The fourth-order valence-corrected chi connectivity index (χ4v) is 6.57. The average Bonchev–Trinajstić information content (AvgIpc) is 3.04. The quantitative estimate of drug-likeness (QED) is 0.190. The van der Waals surface area contributed by atoms with Gasteiger partial charge < -0.3 is 9.80 Å². The highest BCUT2D eigenvalue weighted by molar-refractivity contribution is 6.30. The molecule has 0 saturated carbocycles. The van der Waals surface area contributed by atoms with Crippen LogP contribution in [0.15, 0.2) is 72.8 Å². The number of hydrogen-bond donors (Lipinski definition) is 1. The van der Waals surface area contributed by atoms with Gasteiger partial charge in [-0.15, -0.1) is 0 Å². The second-order valence-electron chi connectivity index (χ2n) is 12.0. The monoisotopic (exact) mass is 632 g/mol. The summed E-state index contributed by atoms with van der Waals surface area (Å²) in [5.74, 6) is 8.29. The molecule has 10 heteroatoms. The molecule has 0 aliphatic carbocycles. The van der Waals surface area contributed by atoms with Crippen molar-refractivity contribution in [3.05, 3.63) is 99.8 Å². The smallest absolute Gasteiger partial charge is 0.154 e. The SMILES string of the molecule is CN1CCN(CCCN(N)c2nc(CN3CCN(C(c4ccc(Cl)cc4)c4ccc(Cl)cc4)CC3)nc3ccccc23)CC1. The lowest BCUT2D eigenvalue weighted by Gasteiger charge is -2.39. The van der Waals surface area contributed by atoms with E-state index in [0.717, 1.165) is 104 Å². The van der Waals surface area contributed by atoms with Crippen LogP contribution in [0.4, 0.5) is 5.82 Å². The van der Waals surface area contributed by atoms with Gasteiger partial charge in [-0.2, -0.15) is 0 Å². The minimum Gasteiger partial charge on any atom is -0.304 e. The molecule has 0 atom stereocenters. The minimum absolute atomic E-state index is 0.131. The number of para-hydroxylation sites is 1. The Morgan fingerprint density at radius 1 is 0.750 bits per heavy atom. The van der Waals surface area contributed by atoms with Gasteiger partial charge in [-0.3, -0.25) is 14.8 Å². The molecule has 0 unspecified atom stereocenters. The number of aromatic nitrogens is 2. The van der Waals surface area contributed by atoms with E-state index in [-0.39, 0.29) is 6.04 Å². The molecule has 4 aromatic rings. The Morgan fingerprint density at radius 2 is 1.34 bits per heavy atom. The number of hydrazine groups is 1. The highest BCUT2D eigenvalue weighted by Crippen LogP contribution is 2.31. The number of anilines is 1. The molecule has 2 N–H and O–H groups in total. The zero-order valence-electron chi connectivity index (χ0n) is 25.5. The van der Waals surface area contributed by atoms with Crippen molar-refractivity contribution in [2.45, 2.75) is 19.0 Å². The van der Waals surface area contributed by atoms with Crippen LogP contribution in [0, 0.1) is 0 Å². The molecule has 0 radical (unpaired) electrons. The zero-order chi connectivity index (χ0) is 30.5. The third-order valence-corrected chi connectivity index (χ3v) is 9.38. The van der Waals surface area contributed by atoms with E-state index in [2.05, 4.69) is 63.0 Å². The molecule has 0 amide bonds. The van der Waals surface area contributed by atoms with Crippen molar-refractivity contribution in [2.24, 2.45) is 5.84 Å². The lowest BCUT2D eigenvalue weighted by Crippen LogP contribution is -2.47. The Hall–Kier alpha value is -2.82. The van der Waals surface area contributed by atoms with Gasteiger partial charge in [0.1, 0.15) is 5.82 Å². The Labute approximate surface area is 270 Å². The van der Waals surface area contributed by atoms with Crippen molar-refractivity contribution < 1.29 is 0 Å². The molecule has 2 aliphatic heterocycles. The summed E-state index contributed by atoms with van der Waals surface area (Å²) in [5.41, 5.74) is 3.39. The first-order valence-corrected chi connectivity index (χ1v) is 16.3. The number of piperazine rings is 2. The molecular weight excluding hydrogens is 591 g/mol. The molecule has 0 spiro atoms. The van der Waals surface area contributed by atoms with Crippen LogP contribution in [0.2, 0.25) is 10.0 Å². The first-order valence-electron chi connectivity index (χ1n) is 15.6. The summed E-state index contributed by atoms with van der Waals surface area (Å²) in [6.45, 7) is 10.7. The number of halogens is 2. The van der Waals surface area contributed by atoms with Gasteiger partial charge in [-0.25, -0.2) is 15.8 Å². The molecule has 3 heterocycles. The Kier molecular flexibility index (Phi) is 10.3. The topological polar surface area (TPSA) is 68.0 Å². The van der Waals surface area contributed by atoms with Gasteiger partial charge in [0, 0.05) is 74.3 Å².